The minimum atomic E-state index is -0.0673. The first-order chi connectivity index (χ1) is 15.2. The molecule has 4 rings (SSSR count). The van der Waals surface area contributed by atoms with E-state index in [1.165, 1.54) is 0 Å². The molecule has 0 N–H and O–H groups in total. The SMILES string of the molecule is COCC(=O)N(Cc1c(-c2cccc(C)c2)noc1N1CCOCC1)C[C@H]1CCCO1. The van der Waals surface area contributed by atoms with Crippen LogP contribution in [0.1, 0.15) is 24.0 Å². The second kappa shape index (κ2) is 10.3. The molecule has 0 spiro atoms. The van der Waals surface area contributed by atoms with Crippen molar-refractivity contribution in [1.29, 1.82) is 0 Å². The number of aromatic nitrogens is 1. The lowest BCUT2D eigenvalue weighted by Gasteiger charge is -2.29. The Hall–Kier alpha value is -2.42. The van der Waals surface area contributed by atoms with Crippen LogP contribution in [0.4, 0.5) is 5.88 Å². The Morgan fingerprint density at radius 2 is 2.13 bits per heavy atom. The van der Waals surface area contributed by atoms with Crippen LogP contribution < -0.4 is 4.90 Å². The monoisotopic (exact) mass is 429 g/mol. The number of methoxy groups -OCH3 is 1. The van der Waals surface area contributed by atoms with Gasteiger partial charge in [-0.2, -0.15) is 0 Å². The van der Waals surface area contributed by atoms with Gasteiger partial charge in [0.25, 0.3) is 0 Å². The summed E-state index contributed by atoms with van der Waals surface area (Å²) in [5.41, 5.74) is 3.81. The molecule has 168 valence electrons. The highest BCUT2D eigenvalue weighted by Crippen LogP contribution is 2.33. The van der Waals surface area contributed by atoms with E-state index in [0.29, 0.717) is 32.2 Å². The molecule has 0 aliphatic carbocycles. The maximum absolute atomic E-state index is 12.9. The van der Waals surface area contributed by atoms with E-state index in [4.69, 9.17) is 18.7 Å². The number of nitrogens with zero attached hydrogens (tertiary/aromatic N) is 3. The van der Waals surface area contributed by atoms with Gasteiger partial charge >= 0.3 is 0 Å². The van der Waals surface area contributed by atoms with Crippen molar-refractivity contribution in [3.05, 3.63) is 35.4 Å². The fourth-order valence-corrected chi connectivity index (χ4v) is 4.17. The predicted molar refractivity (Wildman–Crippen MR) is 116 cm³/mol. The molecule has 31 heavy (non-hydrogen) atoms. The summed E-state index contributed by atoms with van der Waals surface area (Å²) in [7, 11) is 1.54. The second-order valence-electron chi connectivity index (χ2n) is 8.13. The van der Waals surface area contributed by atoms with Gasteiger partial charge in [-0.05, 0) is 25.8 Å². The zero-order valence-electron chi connectivity index (χ0n) is 18.3. The summed E-state index contributed by atoms with van der Waals surface area (Å²) in [6, 6.07) is 8.18. The van der Waals surface area contributed by atoms with Gasteiger partial charge < -0.3 is 28.5 Å². The van der Waals surface area contributed by atoms with Crippen molar-refractivity contribution in [1.82, 2.24) is 10.1 Å². The molecule has 1 amide bonds. The van der Waals surface area contributed by atoms with Crippen molar-refractivity contribution in [2.45, 2.75) is 32.4 Å². The third-order valence-corrected chi connectivity index (χ3v) is 5.77. The number of carbonyl (C=O) groups is 1. The van der Waals surface area contributed by atoms with Crippen LogP contribution in [0.25, 0.3) is 11.3 Å². The van der Waals surface area contributed by atoms with Gasteiger partial charge in [0.05, 0.1) is 31.4 Å². The fraction of sp³-hybridized carbons (Fsp3) is 0.565. The summed E-state index contributed by atoms with van der Waals surface area (Å²) >= 11 is 0. The highest BCUT2D eigenvalue weighted by Gasteiger charge is 2.29. The first-order valence-corrected chi connectivity index (χ1v) is 10.9. The van der Waals surface area contributed by atoms with Crippen LogP contribution in [-0.2, 0) is 25.5 Å². The minimum Gasteiger partial charge on any atom is -0.378 e. The van der Waals surface area contributed by atoms with Crippen LogP contribution in [0.2, 0.25) is 0 Å². The first-order valence-electron chi connectivity index (χ1n) is 10.9. The number of anilines is 1. The Balaban J connectivity index is 1.68. The third-order valence-electron chi connectivity index (χ3n) is 5.77. The van der Waals surface area contributed by atoms with E-state index in [2.05, 4.69) is 29.1 Å². The standard InChI is InChI=1S/C23H31N3O5/c1-17-5-3-6-18(13-17)22-20(23(31-24-22)25-8-11-29-12-9-25)15-26(21(27)16-28-2)14-19-7-4-10-30-19/h3,5-6,13,19H,4,7-12,14-16H2,1-2H3/t19-/m1/s1. The van der Waals surface area contributed by atoms with Crippen LogP contribution >= 0.6 is 0 Å². The van der Waals surface area contributed by atoms with E-state index in [1.54, 1.807) is 7.11 Å². The van der Waals surface area contributed by atoms with E-state index in [9.17, 15) is 4.79 Å². The molecule has 8 nitrogen and oxygen atoms in total. The molecule has 0 bridgehead atoms. The number of hydrogen-bond acceptors (Lipinski definition) is 7. The molecule has 1 aromatic carbocycles. The van der Waals surface area contributed by atoms with Gasteiger partial charge in [-0.15, -0.1) is 0 Å². The molecule has 2 aliphatic rings. The van der Waals surface area contributed by atoms with Gasteiger partial charge in [-0.25, -0.2) is 0 Å². The van der Waals surface area contributed by atoms with Crippen molar-refractivity contribution in [2.24, 2.45) is 0 Å². The molecular weight excluding hydrogens is 398 g/mol. The van der Waals surface area contributed by atoms with Crippen molar-refractivity contribution >= 4 is 11.8 Å². The van der Waals surface area contributed by atoms with Gasteiger partial charge in [0, 0.05) is 38.9 Å². The lowest BCUT2D eigenvalue weighted by molar-refractivity contribution is -0.137. The average molecular weight is 430 g/mol. The van der Waals surface area contributed by atoms with Gasteiger partial charge in [-0.1, -0.05) is 28.9 Å². The van der Waals surface area contributed by atoms with Crippen LogP contribution in [0.5, 0.6) is 0 Å². The summed E-state index contributed by atoms with van der Waals surface area (Å²) in [6.45, 7) is 6.50. The van der Waals surface area contributed by atoms with Crippen LogP contribution in [0.15, 0.2) is 28.8 Å². The Morgan fingerprint density at radius 1 is 1.29 bits per heavy atom. The normalized spacial score (nSPS) is 19.0. The average Bonchev–Trinajstić information content (AvgIpc) is 3.44. The summed E-state index contributed by atoms with van der Waals surface area (Å²) in [4.78, 5) is 16.9. The Morgan fingerprint density at radius 3 is 2.84 bits per heavy atom. The van der Waals surface area contributed by atoms with Crippen molar-refractivity contribution in [3.8, 4) is 11.3 Å². The molecule has 1 atom stereocenters. The summed E-state index contributed by atoms with van der Waals surface area (Å²) in [5.74, 6) is 0.643. The Bertz CT molecular complexity index is 872. The Kier molecular flexibility index (Phi) is 7.21. The van der Waals surface area contributed by atoms with Crippen LogP contribution in [0.3, 0.4) is 0 Å². The van der Waals surface area contributed by atoms with Crippen LogP contribution in [-0.4, -0.2) is 75.2 Å². The van der Waals surface area contributed by atoms with Crippen LogP contribution in [0, 0.1) is 6.92 Å². The Labute approximate surface area is 183 Å². The van der Waals surface area contributed by atoms with Gasteiger partial charge in [0.2, 0.25) is 11.8 Å². The molecule has 3 heterocycles. The van der Waals surface area contributed by atoms with Crippen molar-refractivity contribution in [2.75, 3.05) is 58.1 Å². The number of benzene rings is 1. The number of ether oxygens (including phenoxy) is 3. The predicted octanol–water partition coefficient (Wildman–Crippen LogP) is 2.64. The van der Waals surface area contributed by atoms with E-state index in [1.807, 2.05) is 17.0 Å². The van der Waals surface area contributed by atoms with Gasteiger partial charge in [-0.3, -0.25) is 4.79 Å². The number of aryl methyl sites for hydroxylation is 1. The van der Waals surface area contributed by atoms with E-state index >= 15 is 0 Å². The van der Waals surface area contributed by atoms with Gasteiger partial charge in [0.1, 0.15) is 12.3 Å². The number of carbonyl (C=O) groups excluding carboxylic acids is 1. The molecule has 8 heteroatoms. The van der Waals surface area contributed by atoms with E-state index in [-0.39, 0.29) is 18.6 Å². The molecular formula is C23H31N3O5. The van der Waals surface area contributed by atoms with E-state index in [0.717, 1.165) is 54.9 Å². The highest BCUT2D eigenvalue weighted by molar-refractivity contribution is 5.78. The maximum Gasteiger partial charge on any atom is 0.248 e. The van der Waals surface area contributed by atoms with Gasteiger partial charge in [0.15, 0.2) is 0 Å². The molecule has 0 unspecified atom stereocenters. The molecule has 2 saturated heterocycles. The largest absolute Gasteiger partial charge is 0.378 e. The number of amides is 1. The second-order valence-corrected chi connectivity index (χ2v) is 8.13. The molecule has 0 radical (unpaired) electrons. The number of rotatable bonds is 8. The number of hydrogen-bond donors (Lipinski definition) is 0. The van der Waals surface area contributed by atoms with Crippen molar-refractivity contribution in [3.63, 3.8) is 0 Å². The summed E-state index contributed by atoms with van der Waals surface area (Å²) in [5, 5.41) is 4.43. The maximum atomic E-state index is 12.9. The quantitative estimate of drug-likeness (QED) is 0.638. The molecule has 2 fully saturated rings. The zero-order chi connectivity index (χ0) is 21.6. The summed E-state index contributed by atoms with van der Waals surface area (Å²) in [6.07, 6.45) is 2.04. The number of morpholine rings is 1. The molecule has 0 saturated carbocycles. The zero-order valence-corrected chi connectivity index (χ0v) is 18.3. The van der Waals surface area contributed by atoms with E-state index < -0.39 is 0 Å². The van der Waals surface area contributed by atoms with Crippen molar-refractivity contribution < 1.29 is 23.5 Å². The smallest absolute Gasteiger partial charge is 0.248 e. The molecule has 2 aliphatic heterocycles. The minimum absolute atomic E-state index is 0.0324. The lowest BCUT2D eigenvalue weighted by Crippen LogP contribution is -2.40. The summed E-state index contributed by atoms with van der Waals surface area (Å²) < 4.78 is 22.3. The first kappa shape index (κ1) is 21.8. The molecule has 2 aromatic rings. The highest BCUT2D eigenvalue weighted by atomic mass is 16.5. The topological polar surface area (TPSA) is 77.3 Å². The molecule has 1 aromatic heterocycles. The lowest BCUT2D eigenvalue weighted by atomic mass is 10.0. The fourth-order valence-electron chi connectivity index (χ4n) is 4.17. The third kappa shape index (κ3) is 5.26.